The Morgan fingerprint density at radius 1 is 0.667 bits per heavy atom. The Morgan fingerprint density at radius 3 is 1.88 bits per heavy atom. The number of aromatic hydroxyl groups is 1. The Labute approximate surface area is 288 Å². The molecule has 0 saturated carbocycles. The van der Waals surface area contributed by atoms with Gasteiger partial charge in [-0.1, -0.05) is 12.1 Å². The Hall–Kier alpha value is -3.47. The van der Waals surface area contributed by atoms with Crippen molar-refractivity contribution in [2.45, 2.75) is 106 Å². The molecule has 15 atom stereocenters. The van der Waals surface area contributed by atoms with Crippen LogP contribution in [0.1, 0.15) is 13.8 Å². The monoisotopic (exact) mass is 724 g/mol. The molecule has 0 radical (unpaired) electrons. The number of hydrogen-bond donors (Lipinski definition) is 10. The van der Waals surface area contributed by atoms with Gasteiger partial charge >= 0.3 is 0 Å². The topological polar surface area (TPSA) is 288 Å². The Kier molecular flexibility index (Phi) is 10.9. The molecule has 6 rings (SSSR count). The molecule has 0 unspecified atom stereocenters. The minimum Gasteiger partial charge on any atom is -0.507 e. The second-order valence-corrected chi connectivity index (χ2v) is 12.7. The average Bonchev–Trinajstić information content (AvgIpc) is 3.11. The van der Waals surface area contributed by atoms with Crippen LogP contribution < -0.4 is 14.9 Å². The molecule has 10 N–H and O–H groups in total. The van der Waals surface area contributed by atoms with Gasteiger partial charge in [-0.15, -0.1) is 0 Å². The van der Waals surface area contributed by atoms with Gasteiger partial charge in [-0.25, -0.2) is 0 Å². The minimum atomic E-state index is -1.74. The van der Waals surface area contributed by atoms with Gasteiger partial charge < -0.3 is 83.9 Å². The molecule has 0 amide bonds. The molecule has 51 heavy (non-hydrogen) atoms. The van der Waals surface area contributed by atoms with Crippen molar-refractivity contribution < 1.29 is 83.9 Å². The standard InChI is InChI=1S/C33H40O18/c1-11-21(36)25(40)28(43)31(46-11)49-15-7-17(35)20-18(8-15)45-10-16(23(20)38)13-3-5-14(6-4-13)48-33-30(27(42)24(39)19(9-34)50-33)51-32-29(44)26(41)22(37)12(2)47-32/h3-8,10-12,19,21-22,24-37,39-44H,9H2,1-2H3/t11-,12-,19-,21-,22+,24+,25+,26-,27-,28+,29+,30+,31-,32-,33+/m1/s1. The highest BCUT2D eigenvalue weighted by Gasteiger charge is 2.51. The van der Waals surface area contributed by atoms with E-state index in [2.05, 4.69) is 0 Å². The second kappa shape index (κ2) is 14.9. The minimum absolute atomic E-state index is 0.0438. The molecule has 1 aromatic heterocycles. The first kappa shape index (κ1) is 37.3. The van der Waals surface area contributed by atoms with Gasteiger partial charge in [0.1, 0.15) is 89.4 Å². The van der Waals surface area contributed by atoms with Crippen LogP contribution in [-0.4, -0.2) is 150 Å². The van der Waals surface area contributed by atoms with Crippen molar-refractivity contribution in [2.24, 2.45) is 0 Å². The zero-order valence-electron chi connectivity index (χ0n) is 27.1. The largest absolute Gasteiger partial charge is 0.507 e. The van der Waals surface area contributed by atoms with Crippen LogP contribution in [-0.2, 0) is 18.9 Å². The second-order valence-electron chi connectivity index (χ2n) is 12.7. The first-order chi connectivity index (χ1) is 24.2. The molecular weight excluding hydrogens is 684 g/mol. The van der Waals surface area contributed by atoms with Crippen molar-refractivity contribution in [3.63, 3.8) is 0 Å². The van der Waals surface area contributed by atoms with Gasteiger partial charge in [-0.05, 0) is 31.5 Å². The number of phenolic OH excluding ortho intramolecular Hbond substituents is 1. The van der Waals surface area contributed by atoms with Crippen molar-refractivity contribution in [1.29, 1.82) is 0 Å². The number of aliphatic hydroxyl groups excluding tert-OH is 9. The Bertz CT molecular complexity index is 1720. The maximum Gasteiger partial charge on any atom is 0.229 e. The van der Waals surface area contributed by atoms with Crippen LogP contribution in [0.2, 0.25) is 0 Å². The summed E-state index contributed by atoms with van der Waals surface area (Å²) in [5.74, 6) is -0.459. The number of aliphatic hydroxyl groups is 9. The summed E-state index contributed by atoms with van der Waals surface area (Å²) in [5, 5.41) is 102. The summed E-state index contributed by atoms with van der Waals surface area (Å²) in [6.45, 7) is 2.21. The molecule has 3 aliphatic heterocycles. The number of hydrogen-bond acceptors (Lipinski definition) is 18. The summed E-state index contributed by atoms with van der Waals surface area (Å²) in [4.78, 5) is 13.5. The highest BCUT2D eigenvalue weighted by Crippen LogP contribution is 2.34. The van der Waals surface area contributed by atoms with Gasteiger partial charge in [0, 0.05) is 12.1 Å². The van der Waals surface area contributed by atoms with Crippen LogP contribution in [0, 0.1) is 0 Å². The Balaban J connectivity index is 1.20. The molecule has 18 heteroatoms. The van der Waals surface area contributed by atoms with Crippen LogP contribution >= 0.6 is 0 Å². The summed E-state index contributed by atoms with van der Waals surface area (Å²) in [7, 11) is 0. The quantitative estimate of drug-likeness (QED) is 0.114. The van der Waals surface area contributed by atoms with Crippen molar-refractivity contribution >= 4 is 11.0 Å². The molecule has 4 heterocycles. The summed E-state index contributed by atoms with van der Waals surface area (Å²) < 4.78 is 39.4. The zero-order valence-corrected chi connectivity index (χ0v) is 27.1. The van der Waals surface area contributed by atoms with E-state index in [0.29, 0.717) is 5.56 Å². The fourth-order valence-corrected chi connectivity index (χ4v) is 6.14. The van der Waals surface area contributed by atoms with Gasteiger partial charge in [0.05, 0.1) is 24.4 Å². The molecule has 3 fully saturated rings. The van der Waals surface area contributed by atoms with E-state index < -0.39 is 110 Å². The average molecular weight is 725 g/mol. The molecule has 3 aromatic rings. The number of fused-ring (bicyclic) bond motifs is 1. The molecule has 0 aliphatic carbocycles. The number of ether oxygens (including phenoxy) is 6. The van der Waals surface area contributed by atoms with E-state index in [-0.39, 0.29) is 28.0 Å². The third-order valence-electron chi connectivity index (χ3n) is 9.23. The lowest BCUT2D eigenvalue weighted by Crippen LogP contribution is -2.64. The van der Waals surface area contributed by atoms with E-state index in [1.165, 1.54) is 44.2 Å². The third kappa shape index (κ3) is 7.16. The number of benzene rings is 2. The van der Waals surface area contributed by atoms with E-state index in [4.69, 9.17) is 32.8 Å². The normalized spacial score (nSPS) is 38.8. The van der Waals surface area contributed by atoms with Gasteiger partial charge in [-0.3, -0.25) is 4.79 Å². The Morgan fingerprint density at radius 2 is 1.25 bits per heavy atom. The number of rotatable bonds is 8. The third-order valence-corrected chi connectivity index (χ3v) is 9.23. The molecular formula is C33H40O18. The zero-order chi connectivity index (χ0) is 36.9. The summed E-state index contributed by atoms with van der Waals surface area (Å²) in [5.41, 5.74) is -0.308. The molecule has 0 bridgehead atoms. The van der Waals surface area contributed by atoms with E-state index >= 15 is 0 Å². The van der Waals surface area contributed by atoms with Crippen LogP contribution in [0.25, 0.3) is 22.1 Å². The van der Waals surface area contributed by atoms with Gasteiger partial charge in [0.25, 0.3) is 0 Å². The van der Waals surface area contributed by atoms with E-state index in [1.807, 2.05) is 0 Å². The van der Waals surface area contributed by atoms with E-state index in [1.54, 1.807) is 0 Å². The van der Waals surface area contributed by atoms with Crippen LogP contribution in [0.5, 0.6) is 17.2 Å². The lowest BCUT2D eigenvalue weighted by atomic mass is 9.97. The predicted molar refractivity (Wildman–Crippen MR) is 168 cm³/mol. The van der Waals surface area contributed by atoms with Crippen molar-refractivity contribution in [3.05, 3.63) is 52.9 Å². The highest BCUT2D eigenvalue weighted by atomic mass is 16.8. The predicted octanol–water partition coefficient (Wildman–Crippen LogP) is -2.60. The highest BCUT2D eigenvalue weighted by molar-refractivity contribution is 5.88. The van der Waals surface area contributed by atoms with Crippen LogP contribution in [0.3, 0.4) is 0 Å². The van der Waals surface area contributed by atoms with Crippen LogP contribution in [0.15, 0.2) is 51.9 Å². The maximum atomic E-state index is 13.5. The van der Waals surface area contributed by atoms with Crippen molar-refractivity contribution in [3.8, 4) is 28.4 Å². The van der Waals surface area contributed by atoms with Crippen LogP contribution in [0.4, 0.5) is 0 Å². The van der Waals surface area contributed by atoms with Gasteiger partial charge in [-0.2, -0.15) is 0 Å². The lowest BCUT2D eigenvalue weighted by molar-refractivity contribution is -0.354. The van der Waals surface area contributed by atoms with Crippen molar-refractivity contribution in [2.75, 3.05) is 6.61 Å². The maximum absolute atomic E-state index is 13.5. The summed E-state index contributed by atoms with van der Waals surface area (Å²) >= 11 is 0. The van der Waals surface area contributed by atoms with E-state index in [0.717, 1.165) is 12.3 Å². The number of phenols is 1. The lowest BCUT2D eigenvalue weighted by Gasteiger charge is -2.45. The van der Waals surface area contributed by atoms with Crippen molar-refractivity contribution in [1.82, 2.24) is 0 Å². The smallest absolute Gasteiger partial charge is 0.229 e. The first-order valence-electron chi connectivity index (χ1n) is 16.1. The van der Waals surface area contributed by atoms with Gasteiger partial charge in [0.15, 0.2) is 12.4 Å². The summed E-state index contributed by atoms with van der Waals surface area (Å²) in [6, 6.07) is 8.20. The summed E-state index contributed by atoms with van der Waals surface area (Å²) in [6.07, 6.45) is -20.7. The molecule has 0 spiro atoms. The first-order valence-corrected chi connectivity index (χ1v) is 16.1. The molecule has 3 aliphatic rings. The molecule has 2 aromatic carbocycles. The molecule has 3 saturated heterocycles. The SMILES string of the molecule is C[C@H]1O[C@H](O[C@@H]2[C@@H](Oc3ccc(-c4coc5cc(O[C@H]6O[C@H](C)[C@@H](O)[C@H](O)[C@@H]6O)cc(O)c5c4=O)cc3)O[C@H](CO)[C@H](O)[C@H]2O)[C@@H](O)[C@H](O)[C@H]1O. The fraction of sp³-hybridized carbons (Fsp3) is 0.545. The van der Waals surface area contributed by atoms with E-state index in [9.17, 15) is 55.9 Å². The van der Waals surface area contributed by atoms with Gasteiger partial charge in [0.2, 0.25) is 18.0 Å². The molecule has 18 nitrogen and oxygen atoms in total. The molecule has 280 valence electrons. The fourth-order valence-electron chi connectivity index (χ4n) is 6.14.